The molecule has 4 rings (SSSR count). The Balaban J connectivity index is 1.34. The number of nitrogens with zero attached hydrogens (tertiary/aromatic N) is 1. The van der Waals surface area contributed by atoms with Gasteiger partial charge in [0, 0.05) is 25.6 Å². The van der Waals surface area contributed by atoms with Crippen LogP contribution in [0.4, 0.5) is 0 Å². The molecule has 34 heavy (non-hydrogen) atoms. The molecule has 3 aromatic rings. The molecule has 1 N–H and O–H groups in total. The van der Waals surface area contributed by atoms with Gasteiger partial charge >= 0.3 is 5.97 Å². The summed E-state index contributed by atoms with van der Waals surface area (Å²) in [5.74, 6) is -0.985. The van der Waals surface area contributed by atoms with Crippen LogP contribution in [0, 0.1) is 5.92 Å². The lowest BCUT2D eigenvalue weighted by molar-refractivity contribution is -0.126. The van der Waals surface area contributed by atoms with Gasteiger partial charge < -0.3 is 10.1 Å². The van der Waals surface area contributed by atoms with Gasteiger partial charge in [-0.2, -0.15) is 4.31 Å². The van der Waals surface area contributed by atoms with Crippen LogP contribution in [0.15, 0.2) is 71.6 Å². The molecule has 1 amide bonds. The zero-order chi connectivity index (χ0) is 24.1. The molecule has 0 saturated carbocycles. The molecule has 0 aliphatic carbocycles. The van der Waals surface area contributed by atoms with Gasteiger partial charge in [-0.05, 0) is 47.7 Å². The lowest BCUT2D eigenvalue weighted by atomic mass is 9.97. The van der Waals surface area contributed by atoms with Crippen molar-refractivity contribution in [1.82, 2.24) is 9.62 Å². The molecule has 1 fully saturated rings. The van der Waals surface area contributed by atoms with Crippen molar-refractivity contribution >= 4 is 32.7 Å². The standard InChI is InChI=1S/C26H28N2O5S/c1-33-26(30)23-11-4-5-12-24(23)34(31,32)28-17-14-21(15-18-28)25(29)27-16-13-20-9-6-8-19-7-2-3-10-22(19)20/h2-12,21H,13-18H2,1H3,(H,27,29). The summed E-state index contributed by atoms with van der Waals surface area (Å²) in [4.78, 5) is 24.7. The van der Waals surface area contributed by atoms with E-state index < -0.39 is 16.0 Å². The summed E-state index contributed by atoms with van der Waals surface area (Å²) in [6.45, 7) is 0.969. The highest BCUT2D eigenvalue weighted by Crippen LogP contribution is 2.26. The highest BCUT2D eigenvalue weighted by atomic mass is 32.2. The Morgan fingerprint density at radius 1 is 0.971 bits per heavy atom. The molecule has 0 atom stereocenters. The van der Waals surface area contributed by atoms with Crippen LogP contribution >= 0.6 is 0 Å². The molecular formula is C26H28N2O5S. The normalized spacial score (nSPS) is 15.2. The smallest absolute Gasteiger partial charge is 0.339 e. The lowest BCUT2D eigenvalue weighted by Gasteiger charge is -2.31. The molecule has 1 saturated heterocycles. The number of amides is 1. The number of methoxy groups -OCH3 is 1. The third kappa shape index (κ3) is 4.98. The second-order valence-corrected chi connectivity index (χ2v) is 10.3. The highest BCUT2D eigenvalue weighted by Gasteiger charge is 2.34. The summed E-state index contributed by atoms with van der Waals surface area (Å²) in [7, 11) is -2.65. The third-order valence-electron chi connectivity index (χ3n) is 6.31. The van der Waals surface area contributed by atoms with Gasteiger partial charge in [-0.3, -0.25) is 4.79 Å². The van der Waals surface area contributed by atoms with Gasteiger partial charge in [-0.15, -0.1) is 0 Å². The zero-order valence-corrected chi connectivity index (χ0v) is 19.9. The Labute approximate surface area is 199 Å². The van der Waals surface area contributed by atoms with Gasteiger partial charge in [0.05, 0.1) is 17.6 Å². The molecule has 178 valence electrons. The molecule has 0 bridgehead atoms. The summed E-state index contributed by atoms with van der Waals surface area (Å²) in [6.07, 6.45) is 1.59. The maximum absolute atomic E-state index is 13.2. The number of esters is 1. The first-order valence-electron chi connectivity index (χ1n) is 11.3. The van der Waals surface area contributed by atoms with Crippen molar-refractivity contribution in [3.8, 4) is 0 Å². The second-order valence-electron chi connectivity index (χ2n) is 8.35. The number of rotatable bonds is 7. The fourth-order valence-corrected chi connectivity index (χ4v) is 6.09. The van der Waals surface area contributed by atoms with E-state index in [1.807, 2.05) is 18.2 Å². The number of piperidine rings is 1. The predicted molar refractivity (Wildman–Crippen MR) is 130 cm³/mol. The summed E-state index contributed by atoms with van der Waals surface area (Å²) >= 11 is 0. The van der Waals surface area contributed by atoms with E-state index in [0.717, 1.165) is 6.42 Å². The number of sulfonamides is 1. The minimum absolute atomic E-state index is 0.0123. The summed E-state index contributed by atoms with van der Waals surface area (Å²) in [6, 6.07) is 20.4. The van der Waals surface area contributed by atoms with E-state index in [-0.39, 0.29) is 35.4 Å². The lowest BCUT2D eigenvalue weighted by Crippen LogP contribution is -2.43. The summed E-state index contributed by atoms with van der Waals surface area (Å²) in [5.41, 5.74) is 1.20. The third-order valence-corrected chi connectivity index (χ3v) is 8.27. The quantitative estimate of drug-likeness (QED) is 0.524. The van der Waals surface area contributed by atoms with Gasteiger partial charge in [-0.1, -0.05) is 54.6 Å². The van der Waals surface area contributed by atoms with Crippen LogP contribution in [0.5, 0.6) is 0 Å². The Kier molecular flexibility index (Phi) is 7.29. The molecule has 1 heterocycles. The predicted octanol–water partition coefficient (Wildman–Crippen LogP) is 3.39. The molecule has 0 aromatic heterocycles. The van der Waals surface area contributed by atoms with Crippen molar-refractivity contribution in [2.24, 2.45) is 5.92 Å². The molecule has 0 radical (unpaired) electrons. The van der Waals surface area contributed by atoms with Crippen LogP contribution in [-0.4, -0.2) is 51.3 Å². The minimum Gasteiger partial charge on any atom is -0.465 e. The molecular weight excluding hydrogens is 452 g/mol. The van der Waals surface area contributed by atoms with Crippen molar-refractivity contribution in [2.45, 2.75) is 24.2 Å². The average molecular weight is 481 g/mol. The van der Waals surface area contributed by atoms with Crippen LogP contribution in [0.25, 0.3) is 10.8 Å². The summed E-state index contributed by atoms with van der Waals surface area (Å²) < 4.78 is 32.4. The van der Waals surface area contributed by atoms with Crippen molar-refractivity contribution in [3.63, 3.8) is 0 Å². The van der Waals surface area contributed by atoms with Gasteiger partial charge in [0.25, 0.3) is 0 Å². The van der Waals surface area contributed by atoms with Gasteiger partial charge in [-0.25, -0.2) is 13.2 Å². The number of carbonyl (C=O) groups is 2. The van der Waals surface area contributed by atoms with Crippen LogP contribution in [0.3, 0.4) is 0 Å². The molecule has 0 spiro atoms. The summed E-state index contributed by atoms with van der Waals surface area (Å²) in [5, 5.41) is 5.37. The monoisotopic (exact) mass is 480 g/mol. The van der Waals surface area contributed by atoms with E-state index in [0.29, 0.717) is 19.4 Å². The Bertz CT molecular complexity index is 1290. The van der Waals surface area contributed by atoms with E-state index in [2.05, 4.69) is 29.6 Å². The SMILES string of the molecule is COC(=O)c1ccccc1S(=O)(=O)N1CCC(C(=O)NCCc2cccc3ccccc23)CC1. The maximum atomic E-state index is 13.2. The molecule has 8 heteroatoms. The number of ether oxygens (including phenoxy) is 1. The van der Waals surface area contributed by atoms with Crippen LogP contribution in [-0.2, 0) is 26.0 Å². The minimum atomic E-state index is -3.87. The first-order chi connectivity index (χ1) is 16.4. The van der Waals surface area contributed by atoms with Gasteiger partial charge in [0.2, 0.25) is 15.9 Å². The number of benzene rings is 3. The van der Waals surface area contributed by atoms with Gasteiger partial charge in [0.15, 0.2) is 0 Å². The molecule has 1 aliphatic rings. The van der Waals surface area contributed by atoms with E-state index in [1.54, 1.807) is 12.1 Å². The molecule has 7 nitrogen and oxygen atoms in total. The Morgan fingerprint density at radius 2 is 1.65 bits per heavy atom. The number of nitrogens with one attached hydrogen (secondary N) is 1. The van der Waals surface area contributed by atoms with E-state index in [4.69, 9.17) is 4.74 Å². The number of carbonyl (C=O) groups excluding carboxylic acids is 2. The number of fused-ring (bicyclic) bond motifs is 1. The van der Waals surface area contributed by atoms with Crippen LogP contribution in [0.2, 0.25) is 0 Å². The fraction of sp³-hybridized carbons (Fsp3) is 0.308. The van der Waals surface area contributed by atoms with Gasteiger partial charge in [0.1, 0.15) is 0 Å². The largest absolute Gasteiger partial charge is 0.465 e. The van der Waals surface area contributed by atoms with Crippen LogP contribution in [0.1, 0.15) is 28.8 Å². The van der Waals surface area contributed by atoms with E-state index >= 15 is 0 Å². The van der Waals surface area contributed by atoms with Crippen molar-refractivity contribution in [3.05, 3.63) is 77.9 Å². The maximum Gasteiger partial charge on any atom is 0.339 e. The first-order valence-corrected chi connectivity index (χ1v) is 12.8. The molecule has 1 aliphatic heterocycles. The van der Waals surface area contributed by atoms with Crippen molar-refractivity contribution < 1.29 is 22.7 Å². The Hall–Kier alpha value is -3.23. The highest BCUT2D eigenvalue weighted by molar-refractivity contribution is 7.89. The van der Waals surface area contributed by atoms with Crippen molar-refractivity contribution in [2.75, 3.05) is 26.7 Å². The van der Waals surface area contributed by atoms with Crippen molar-refractivity contribution in [1.29, 1.82) is 0 Å². The van der Waals surface area contributed by atoms with Crippen LogP contribution < -0.4 is 5.32 Å². The fourth-order valence-electron chi connectivity index (χ4n) is 4.44. The van der Waals surface area contributed by atoms with E-state index in [9.17, 15) is 18.0 Å². The number of hydrogen-bond acceptors (Lipinski definition) is 5. The second kappa shape index (κ2) is 10.4. The topological polar surface area (TPSA) is 92.8 Å². The van der Waals surface area contributed by atoms with E-state index in [1.165, 1.54) is 39.9 Å². The average Bonchev–Trinajstić information content (AvgIpc) is 2.88. The number of hydrogen-bond donors (Lipinski definition) is 1. The Morgan fingerprint density at radius 3 is 2.41 bits per heavy atom. The zero-order valence-electron chi connectivity index (χ0n) is 19.1. The first kappa shape index (κ1) is 23.9. The molecule has 0 unspecified atom stereocenters. The molecule has 3 aromatic carbocycles.